The second-order valence-corrected chi connectivity index (χ2v) is 7.99. The summed E-state index contributed by atoms with van der Waals surface area (Å²) >= 11 is 5.66. The van der Waals surface area contributed by atoms with Gasteiger partial charge in [0.2, 0.25) is 10.0 Å². The maximum atomic E-state index is 12.7. The fourth-order valence-electron chi connectivity index (χ4n) is 3.18. The van der Waals surface area contributed by atoms with Crippen molar-refractivity contribution in [2.24, 2.45) is 0 Å². The van der Waals surface area contributed by atoms with Crippen molar-refractivity contribution in [1.82, 2.24) is 19.0 Å². The molecule has 2 fully saturated rings. The first-order valence-corrected chi connectivity index (χ1v) is 9.41. The zero-order valence-electron chi connectivity index (χ0n) is 12.0. The Hall–Kier alpha value is -0.630. The number of hydrogen-bond donors (Lipinski definition) is 0. The number of piperidine rings is 1. The number of aromatic nitrogens is 2. The van der Waals surface area contributed by atoms with Gasteiger partial charge in [0.25, 0.3) is 0 Å². The number of fused-ring (bicyclic) bond motifs is 1. The lowest BCUT2D eigenvalue weighted by atomic mass is 10.0. The molecule has 0 spiro atoms. The van der Waals surface area contributed by atoms with Crippen LogP contribution in [0.4, 0.5) is 0 Å². The van der Waals surface area contributed by atoms with Gasteiger partial charge in [-0.05, 0) is 19.4 Å². The first kappa shape index (κ1) is 15.3. The van der Waals surface area contributed by atoms with E-state index < -0.39 is 10.0 Å². The molecule has 1 atom stereocenters. The molecule has 1 unspecified atom stereocenters. The maximum Gasteiger partial charge on any atom is 0.246 e. The number of hydrogen-bond acceptors (Lipinski definition) is 4. The van der Waals surface area contributed by atoms with Crippen LogP contribution in [0.25, 0.3) is 0 Å². The quantitative estimate of drug-likeness (QED) is 0.771. The molecule has 0 aliphatic carbocycles. The Morgan fingerprint density at radius 3 is 2.95 bits per heavy atom. The van der Waals surface area contributed by atoms with E-state index in [1.54, 1.807) is 15.2 Å². The Bertz CT molecular complexity index is 589. The second-order valence-electron chi connectivity index (χ2n) is 5.68. The van der Waals surface area contributed by atoms with E-state index in [2.05, 4.69) is 10.00 Å². The van der Waals surface area contributed by atoms with E-state index in [0.29, 0.717) is 31.6 Å². The van der Waals surface area contributed by atoms with Crippen LogP contribution in [0.2, 0.25) is 0 Å². The van der Waals surface area contributed by atoms with Crippen molar-refractivity contribution in [3.05, 3.63) is 12.4 Å². The van der Waals surface area contributed by atoms with Gasteiger partial charge >= 0.3 is 0 Å². The van der Waals surface area contributed by atoms with Crippen molar-refractivity contribution in [2.75, 3.05) is 32.1 Å². The minimum atomic E-state index is -3.43. The SMILES string of the molecule is O=S(=O)(c1cnn(CCCl)c1)N1CCN2CCCCC2C1. The van der Waals surface area contributed by atoms with E-state index in [1.807, 2.05) is 0 Å². The molecule has 3 rings (SSSR count). The fourth-order valence-corrected chi connectivity index (χ4v) is 4.78. The predicted molar refractivity (Wildman–Crippen MR) is 80.9 cm³/mol. The van der Waals surface area contributed by atoms with Gasteiger partial charge in [0.05, 0.1) is 12.7 Å². The smallest absolute Gasteiger partial charge is 0.246 e. The number of alkyl halides is 1. The van der Waals surface area contributed by atoms with Gasteiger partial charge in [-0.3, -0.25) is 9.58 Å². The highest BCUT2D eigenvalue weighted by molar-refractivity contribution is 7.89. The zero-order valence-corrected chi connectivity index (χ0v) is 13.6. The van der Waals surface area contributed by atoms with Gasteiger partial charge in [-0.15, -0.1) is 11.6 Å². The molecule has 0 N–H and O–H groups in total. The summed E-state index contributed by atoms with van der Waals surface area (Å²) < 4.78 is 28.6. The van der Waals surface area contributed by atoms with Crippen molar-refractivity contribution < 1.29 is 8.42 Å². The standard InChI is InChI=1S/C13H21ClN4O2S/c14-4-6-17-11-13(9-15-17)21(19,20)18-8-7-16-5-2-1-3-12(16)10-18/h9,11-12H,1-8,10H2. The van der Waals surface area contributed by atoms with Gasteiger partial charge in [0.15, 0.2) is 0 Å². The monoisotopic (exact) mass is 332 g/mol. The molecule has 2 saturated heterocycles. The molecular formula is C13H21ClN4O2S. The Balaban J connectivity index is 1.75. The van der Waals surface area contributed by atoms with Crippen molar-refractivity contribution in [2.45, 2.75) is 36.7 Å². The number of halogens is 1. The highest BCUT2D eigenvalue weighted by Crippen LogP contribution is 2.25. The van der Waals surface area contributed by atoms with Gasteiger partial charge in [-0.2, -0.15) is 9.40 Å². The molecular weight excluding hydrogens is 312 g/mol. The van der Waals surface area contributed by atoms with Gasteiger partial charge < -0.3 is 0 Å². The Morgan fingerprint density at radius 2 is 2.14 bits per heavy atom. The van der Waals surface area contributed by atoms with Crippen LogP contribution in [-0.2, 0) is 16.6 Å². The van der Waals surface area contributed by atoms with Crippen molar-refractivity contribution in [1.29, 1.82) is 0 Å². The minimum absolute atomic E-state index is 0.275. The molecule has 0 amide bonds. The summed E-state index contributed by atoms with van der Waals surface area (Å²) in [6.45, 7) is 3.63. The van der Waals surface area contributed by atoms with Gasteiger partial charge in [-0.1, -0.05) is 6.42 Å². The average Bonchev–Trinajstić information content (AvgIpc) is 2.96. The van der Waals surface area contributed by atoms with Gasteiger partial charge in [-0.25, -0.2) is 8.42 Å². The number of sulfonamides is 1. The molecule has 21 heavy (non-hydrogen) atoms. The van der Waals surface area contributed by atoms with Crippen LogP contribution in [0.15, 0.2) is 17.3 Å². The largest absolute Gasteiger partial charge is 0.298 e. The number of rotatable bonds is 4. The second kappa shape index (κ2) is 6.24. The Kier molecular flexibility index (Phi) is 4.54. The topological polar surface area (TPSA) is 58.4 Å². The van der Waals surface area contributed by atoms with E-state index in [4.69, 9.17) is 11.6 Å². The molecule has 3 heterocycles. The highest BCUT2D eigenvalue weighted by Gasteiger charge is 2.35. The summed E-state index contributed by atoms with van der Waals surface area (Å²) in [6.07, 6.45) is 6.52. The zero-order chi connectivity index (χ0) is 14.9. The summed E-state index contributed by atoms with van der Waals surface area (Å²) in [4.78, 5) is 2.70. The van der Waals surface area contributed by atoms with Crippen LogP contribution in [-0.4, -0.2) is 65.5 Å². The van der Waals surface area contributed by atoms with Crippen molar-refractivity contribution >= 4 is 21.6 Å². The third kappa shape index (κ3) is 3.11. The first-order valence-electron chi connectivity index (χ1n) is 7.44. The molecule has 6 nitrogen and oxygen atoms in total. The van der Waals surface area contributed by atoms with Gasteiger partial charge in [0.1, 0.15) is 4.90 Å². The lowest BCUT2D eigenvalue weighted by Gasteiger charge is -2.43. The van der Waals surface area contributed by atoms with Crippen LogP contribution < -0.4 is 0 Å². The molecule has 0 radical (unpaired) electrons. The van der Waals surface area contributed by atoms with E-state index in [0.717, 1.165) is 19.5 Å². The van der Waals surface area contributed by atoms with Crippen LogP contribution in [0.3, 0.4) is 0 Å². The molecule has 0 saturated carbocycles. The molecule has 8 heteroatoms. The number of nitrogens with zero attached hydrogens (tertiary/aromatic N) is 4. The summed E-state index contributed by atoms with van der Waals surface area (Å²) in [7, 11) is -3.43. The molecule has 1 aromatic heterocycles. The third-order valence-corrected chi connectivity index (χ3v) is 6.35. The Labute approximate surface area is 130 Å². The van der Waals surface area contributed by atoms with Crippen LogP contribution in [0.5, 0.6) is 0 Å². The molecule has 1 aromatic rings. The average molecular weight is 333 g/mol. The first-order chi connectivity index (χ1) is 10.1. The minimum Gasteiger partial charge on any atom is -0.298 e. The normalized spacial score (nSPS) is 24.9. The lowest BCUT2D eigenvalue weighted by molar-refractivity contribution is 0.0852. The summed E-state index contributed by atoms with van der Waals surface area (Å²) in [5.74, 6) is 0.419. The highest BCUT2D eigenvalue weighted by atomic mass is 35.5. The summed E-state index contributed by atoms with van der Waals surface area (Å²) in [5.41, 5.74) is 0. The van der Waals surface area contributed by atoms with Crippen molar-refractivity contribution in [3.8, 4) is 0 Å². The van der Waals surface area contributed by atoms with E-state index >= 15 is 0 Å². The number of piperazine rings is 1. The summed E-state index contributed by atoms with van der Waals surface area (Å²) in [6, 6.07) is 0.375. The molecule has 2 aliphatic rings. The van der Waals surface area contributed by atoms with Crippen LogP contribution >= 0.6 is 11.6 Å². The van der Waals surface area contributed by atoms with Crippen LogP contribution in [0, 0.1) is 0 Å². The molecule has 118 valence electrons. The van der Waals surface area contributed by atoms with E-state index in [9.17, 15) is 8.42 Å². The lowest BCUT2D eigenvalue weighted by Crippen LogP contribution is -2.56. The summed E-state index contributed by atoms with van der Waals surface area (Å²) in [5, 5.41) is 4.06. The van der Waals surface area contributed by atoms with Crippen LogP contribution in [0.1, 0.15) is 19.3 Å². The van der Waals surface area contributed by atoms with E-state index in [-0.39, 0.29) is 4.90 Å². The predicted octanol–water partition coefficient (Wildman–Crippen LogP) is 0.981. The Morgan fingerprint density at radius 1 is 1.29 bits per heavy atom. The molecule has 0 bridgehead atoms. The third-order valence-electron chi connectivity index (χ3n) is 4.36. The van der Waals surface area contributed by atoms with Crippen molar-refractivity contribution in [3.63, 3.8) is 0 Å². The fraction of sp³-hybridized carbons (Fsp3) is 0.769. The maximum absolute atomic E-state index is 12.7. The van der Waals surface area contributed by atoms with Gasteiger partial charge in [0, 0.05) is 37.8 Å². The number of aryl methyl sites for hydroxylation is 1. The molecule has 0 aromatic carbocycles. The van der Waals surface area contributed by atoms with E-state index in [1.165, 1.54) is 19.0 Å². The molecule has 2 aliphatic heterocycles.